The third-order valence-corrected chi connectivity index (χ3v) is 4.35. The van der Waals surface area contributed by atoms with E-state index in [0.717, 1.165) is 0 Å². The second kappa shape index (κ2) is 8.98. The third-order valence-electron chi connectivity index (χ3n) is 4.35. The maximum atomic E-state index is 13.8. The molecule has 0 spiro atoms. The number of nitrogens with one attached hydrogen (secondary N) is 3. The van der Waals surface area contributed by atoms with E-state index in [0.29, 0.717) is 23.8 Å². The van der Waals surface area contributed by atoms with Crippen molar-refractivity contribution in [1.82, 2.24) is 9.97 Å². The average Bonchev–Trinajstić information content (AvgIpc) is 3.11. The second-order valence-electron chi connectivity index (χ2n) is 6.72. The number of imidazole rings is 1. The second-order valence-corrected chi connectivity index (χ2v) is 6.72. The molecule has 0 bridgehead atoms. The lowest BCUT2D eigenvalue weighted by molar-refractivity contribution is -0.137. The fraction of sp³-hybridized carbons (Fsp3) is 0.100. The lowest BCUT2D eigenvalue weighted by Gasteiger charge is -2.11. The molecule has 13 heteroatoms. The number of aromatic carboxylic acids is 1. The van der Waals surface area contributed by atoms with Crippen molar-refractivity contribution in [3.63, 3.8) is 0 Å². The third kappa shape index (κ3) is 5.64. The molecule has 0 aliphatic rings. The Morgan fingerprint density at radius 3 is 2.30 bits per heavy atom. The minimum Gasteiger partial charge on any atom is -0.478 e. The standard InChI is InChI=1S/C20H15F4N5O4/c21-12-6-5-11(20(22,23)24)8-13(12)26-19(33)29-17-15(16(25)30)27-14(28-17)7-9-1-3-10(4-2-9)18(31)32/h1-6,8H,7H2,(H2,25,30)(H,27,28)(H,31,32)(H2,26,29,33). The van der Waals surface area contributed by atoms with Gasteiger partial charge in [-0.2, -0.15) is 13.2 Å². The molecule has 3 rings (SSSR count). The number of H-pyrrole nitrogens is 1. The Labute approximate surface area is 182 Å². The van der Waals surface area contributed by atoms with Crippen LogP contribution in [0.25, 0.3) is 0 Å². The molecule has 2 aromatic carbocycles. The van der Waals surface area contributed by atoms with Crippen LogP contribution in [0.3, 0.4) is 0 Å². The van der Waals surface area contributed by atoms with Crippen molar-refractivity contribution in [2.45, 2.75) is 12.6 Å². The van der Waals surface area contributed by atoms with Crippen LogP contribution in [0.2, 0.25) is 0 Å². The van der Waals surface area contributed by atoms with Crippen LogP contribution >= 0.6 is 0 Å². The number of alkyl halides is 3. The molecule has 0 fully saturated rings. The minimum atomic E-state index is -4.75. The van der Waals surface area contributed by atoms with Gasteiger partial charge in [0.2, 0.25) is 0 Å². The number of carbonyl (C=O) groups excluding carboxylic acids is 2. The zero-order valence-electron chi connectivity index (χ0n) is 16.5. The molecule has 9 nitrogen and oxygen atoms in total. The van der Waals surface area contributed by atoms with Gasteiger partial charge in [0.15, 0.2) is 5.82 Å². The number of hydrogen-bond donors (Lipinski definition) is 5. The number of aromatic amines is 1. The van der Waals surface area contributed by atoms with Gasteiger partial charge < -0.3 is 21.1 Å². The highest BCUT2D eigenvalue weighted by molar-refractivity contribution is 6.04. The molecule has 0 radical (unpaired) electrons. The lowest BCUT2D eigenvalue weighted by atomic mass is 10.1. The molecule has 0 unspecified atom stereocenters. The van der Waals surface area contributed by atoms with Gasteiger partial charge in [0.1, 0.15) is 17.3 Å². The van der Waals surface area contributed by atoms with E-state index < -0.39 is 41.2 Å². The van der Waals surface area contributed by atoms with E-state index in [-0.39, 0.29) is 29.3 Å². The van der Waals surface area contributed by atoms with Gasteiger partial charge in [0.05, 0.1) is 16.8 Å². The van der Waals surface area contributed by atoms with Gasteiger partial charge >= 0.3 is 18.2 Å². The SMILES string of the molecule is NC(=O)c1[nH]c(Cc2ccc(C(=O)O)cc2)nc1NC(=O)Nc1cc(C(F)(F)F)ccc1F. The summed E-state index contributed by atoms with van der Waals surface area (Å²) >= 11 is 0. The largest absolute Gasteiger partial charge is 0.478 e. The Morgan fingerprint density at radius 2 is 1.73 bits per heavy atom. The molecule has 0 aliphatic heterocycles. The highest BCUT2D eigenvalue weighted by atomic mass is 19.4. The maximum Gasteiger partial charge on any atom is 0.416 e. The first-order chi connectivity index (χ1) is 15.4. The fourth-order valence-corrected chi connectivity index (χ4v) is 2.79. The quantitative estimate of drug-likeness (QED) is 0.353. The van der Waals surface area contributed by atoms with E-state index in [1.165, 1.54) is 24.3 Å². The van der Waals surface area contributed by atoms with Gasteiger partial charge in [-0.05, 0) is 35.9 Å². The number of aromatic nitrogens is 2. The summed E-state index contributed by atoms with van der Waals surface area (Å²) in [7, 11) is 0. The van der Waals surface area contributed by atoms with E-state index in [1.807, 2.05) is 5.32 Å². The smallest absolute Gasteiger partial charge is 0.416 e. The molecule has 3 amide bonds. The van der Waals surface area contributed by atoms with Crippen molar-refractivity contribution >= 4 is 29.4 Å². The van der Waals surface area contributed by atoms with Crippen LogP contribution in [-0.2, 0) is 12.6 Å². The first-order valence-electron chi connectivity index (χ1n) is 9.09. The summed E-state index contributed by atoms with van der Waals surface area (Å²) in [5.41, 5.74) is 3.74. The zero-order chi connectivity index (χ0) is 24.3. The number of carboxylic acid groups (broad SMARTS) is 1. The number of primary amides is 1. The number of amides is 3. The zero-order valence-corrected chi connectivity index (χ0v) is 16.5. The summed E-state index contributed by atoms with van der Waals surface area (Å²) in [5, 5.41) is 13.0. The van der Waals surface area contributed by atoms with Gasteiger partial charge in [0.25, 0.3) is 5.91 Å². The van der Waals surface area contributed by atoms with E-state index in [9.17, 15) is 31.9 Å². The number of nitrogens with zero attached hydrogens (tertiary/aromatic N) is 1. The Hall–Kier alpha value is -4.42. The lowest BCUT2D eigenvalue weighted by Crippen LogP contribution is -2.23. The molecule has 0 saturated heterocycles. The summed E-state index contributed by atoms with van der Waals surface area (Å²) in [4.78, 5) is 41.4. The first-order valence-corrected chi connectivity index (χ1v) is 9.09. The molecule has 1 heterocycles. The summed E-state index contributed by atoms with van der Waals surface area (Å²) < 4.78 is 52.3. The maximum absolute atomic E-state index is 13.8. The average molecular weight is 465 g/mol. The predicted molar refractivity (Wildman–Crippen MR) is 107 cm³/mol. The van der Waals surface area contributed by atoms with Crippen molar-refractivity contribution in [2.75, 3.05) is 10.6 Å². The number of carbonyl (C=O) groups is 3. The van der Waals surface area contributed by atoms with E-state index in [2.05, 4.69) is 15.3 Å². The molecule has 1 aromatic heterocycles. The Kier molecular flexibility index (Phi) is 6.33. The number of carboxylic acids is 1. The highest BCUT2D eigenvalue weighted by Crippen LogP contribution is 2.31. The molecule has 3 aromatic rings. The Bertz CT molecular complexity index is 1220. The normalized spacial score (nSPS) is 11.2. The van der Waals surface area contributed by atoms with Crippen molar-refractivity contribution in [1.29, 1.82) is 0 Å². The number of anilines is 2. The van der Waals surface area contributed by atoms with E-state index in [4.69, 9.17) is 10.8 Å². The summed E-state index contributed by atoms with van der Waals surface area (Å²) in [5.74, 6) is -3.36. The van der Waals surface area contributed by atoms with Gasteiger partial charge in [-0.15, -0.1) is 0 Å². The van der Waals surface area contributed by atoms with Crippen molar-refractivity contribution < 1.29 is 37.1 Å². The topological polar surface area (TPSA) is 150 Å². The van der Waals surface area contributed by atoms with Crippen molar-refractivity contribution in [2.24, 2.45) is 5.73 Å². The van der Waals surface area contributed by atoms with E-state index in [1.54, 1.807) is 0 Å². The Morgan fingerprint density at radius 1 is 1.06 bits per heavy atom. The molecule has 6 N–H and O–H groups in total. The number of urea groups is 1. The molecule has 0 atom stereocenters. The molecule has 172 valence electrons. The van der Waals surface area contributed by atoms with Crippen molar-refractivity contribution in [3.8, 4) is 0 Å². The fourth-order valence-electron chi connectivity index (χ4n) is 2.79. The number of benzene rings is 2. The molecular formula is C20H15F4N5O4. The number of hydrogen-bond acceptors (Lipinski definition) is 4. The van der Waals surface area contributed by atoms with Gasteiger partial charge in [0, 0.05) is 6.42 Å². The summed E-state index contributed by atoms with van der Waals surface area (Å²) in [6.07, 6.45) is -4.65. The van der Waals surface area contributed by atoms with Gasteiger partial charge in [-0.3, -0.25) is 10.1 Å². The molecule has 0 aliphatic carbocycles. The van der Waals surface area contributed by atoms with Crippen molar-refractivity contribution in [3.05, 3.63) is 76.5 Å². The molecule has 0 saturated carbocycles. The number of rotatable bonds is 6. The van der Waals surface area contributed by atoms with Gasteiger partial charge in [-0.25, -0.2) is 19.0 Å². The minimum absolute atomic E-state index is 0.0665. The van der Waals surface area contributed by atoms with Crippen LogP contribution < -0.4 is 16.4 Å². The van der Waals surface area contributed by atoms with Crippen LogP contribution in [0.5, 0.6) is 0 Å². The predicted octanol–water partition coefficient (Wildman–Crippen LogP) is 3.60. The van der Waals surface area contributed by atoms with Crippen LogP contribution in [0, 0.1) is 5.82 Å². The van der Waals surface area contributed by atoms with E-state index >= 15 is 0 Å². The summed E-state index contributed by atoms with van der Waals surface area (Å²) in [6, 6.07) is 6.10. The molecular weight excluding hydrogens is 450 g/mol. The summed E-state index contributed by atoms with van der Waals surface area (Å²) in [6.45, 7) is 0. The number of nitrogens with two attached hydrogens (primary N) is 1. The van der Waals surface area contributed by atoms with Crippen LogP contribution in [0.4, 0.5) is 33.9 Å². The first kappa shape index (κ1) is 23.2. The van der Waals surface area contributed by atoms with Crippen LogP contribution in [0.15, 0.2) is 42.5 Å². The highest BCUT2D eigenvalue weighted by Gasteiger charge is 2.31. The van der Waals surface area contributed by atoms with Crippen LogP contribution in [0.1, 0.15) is 37.8 Å². The Balaban J connectivity index is 1.78. The van der Waals surface area contributed by atoms with Crippen LogP contribution in [-0.4, -0.2) is 33.0 Å². The monoisotopic (exact) mass is 465 g/mol. The number of halogens is 4. The van der Waals surface area contributed by atoms with Gasteiger partial charge in [-0.1, -0.05) is 12.1 Å². The molecule has 33 heavy (non-hydrogen) atoms.